The molecule has 2 N–H and O–H groups in total. The average molecular weight is 236 g/mol. The largest absolute Gasteiger partial charge is 0.376 e. The third-order valence-electron chi connectivity index (χ3n) is 3.11. The number of aromatic nitrogens is 2. The SMILES string of the molecule is CCN(CC1CCCO1)c1ncncc1CN. The van der Waals surface area contributed by atoms with Crippen molar-refractivity contribution in [3.8, 4) is 0 Å². The Hall–Kier alpha value is -1.20. The Morgan fingerprint density at radius 1 is 1.59 bits per heavy atom. The van der Waals surface area contributed by atoms with Crippen molar-refractivity contribution in [3.05, 3.63) is 18.1 Å². The first-order chi connectivity index (χ1) is 8.35. The van der Waals surface area contributed by atoms with Gasteiger partial charge in [-0.2, -0.15) is 0 Å². The smallest absolute Gasteiger partial charge is 0.136 e. The van der Waals surface area contributed by atoms with Crippen molar-refractivity contribution in [1.82, 2.24) is 9.97 Å². The second kappa shape index (κ2) is 5.93. The van der Waals surface area contributed by atoms with Crippen LogP contribution in [0.3, 0.4) is 0 Å². The molecule has 0 saturated carbocycles. The van der Waals surface area contributed by atoms with Crippen LogP contribution in [0.4, 0.5) is 5.82 Å². The molecule has 1 aromatic rings. The predicted molar refractivity (Wildman–Crippen MR) is 66.8 cm³/mol. The van der Waals surface area contributed by atoms with Crippen molar-refractivity contribution in [2.24, 2.45) is 5.73 Å². The molecule has 1 saturated heterocycles. The van der Waals surface area contributed by atoms with E-state index in [9.17, 15) is 0 Å². The number of ether oxygens (including phenoxy) is 1. The lowest BCUT2D eigenvalue weighted by molar-refractivity contribution is 0.115. The van der Waals surface area contributed by atoms with Gasteiger partial charge in [0.25, 0.3) is 0 Å². The number of hydrogen-bond donors (Lipinski definition) is 1. The van der Waals surface area contributed by atoms with Gasteiger partial charge in [-0.3, -0.25) is 0 Å². The van der Waals surface area contributed by atoms with Crippen molar-refractivity contribution in [1.29, 1.82) is 0 Å². The van der Waals surface area contributed by atoms with Gasteiger partial charge in [0.2, 0.25) is 0 Å². The summed E-state index contributed by atoms with van der Waals surface area (Å²) >= 11 is 0. The molecular formula is C12H20N4O. The molecule has 1 aromatic heterocycles. The summed E-state index contributed by atoms with van der Waals surface area (Å²) in [6, 6.07) is 0. The minimum atomic E-state index is 0.329. The first-order valence-electron chi connectivity index (χ1n) is 6.20. The Kier molecular flexibility index (Phi) is 4.28. The van der Waals surface area contributed by atoms with Crippen LogP contribution >= 0.6 is 0 Å². The Balaban J connectivity index is 2.10. The van der Waals surface area contributed by atoms with Gasteiger partial charge < -0.3 is 15.4 Å². The quantitative estimate of drug-likeness (QED) is 0.824. The van der Waals surface area contributed by atoms with Crippen LogP contribution in [0.15, 0.2) is 12.5 Å². The molecule has 5 heteroatoms. The molecule has 1 atom stereocenters. The Labute approximate surface area is 102 Å². The van der Waals surface area contributed by atoms with Gasteiger partial charge in [-0.05, 0) is 19.8 Å². The van der Waals surface area contributed by atoms with Crippen LogP contribution in [0.1, 0.15) is 25.3 Å². The monoisotopic (exact) mass is 236 g/mol. The number of likely N-dealkylation sites (N-methyl/N-ethyl adjacent to an activating group) is 1. The molecule has 1 unspecified atom stereocenters. The van der Waals surface area contributed by atoms with Crippen LogP contribution in [0.25, 0.3) is 0 Å². The van der Waals surface area contributed by atoms with Crippen LogP contribution in [0, 0.1) is 0 Å². The number of hydrogen-bond acceptors (Lipinski definition) is 5. The molecule has 2 rings (SSSR count). The predicted octanol–water partition coefficient (Wildman–Crippen LogP) is 0.941. The highest BCUT2D eigenvalue weighted by atomic mass is 16.5. The van der Waals surface area contributed by atoms with Crippen LogP contribution in [-0.2, 0) is 11.3 Å². The third-order valence-corrected chi connectivity index (χ3v) is 3.11. The van der Waals surface area contributed by atoms with Crippen molar-refractivity contribution in [2.45, 2.75) is 32.4 Å². The maximum atomic E-state index is 5.71. The van der Waals surface area contributed by atoms with Crippen molar-refractivity contribution >= 4 is 5.82 Å². The average Bonchev–Trinajstić information content (AvgIpc) is 2.89. The van der Waals surface area contributed by atoms with Crippen molar-refractivity contribution < 1.29 is 4.74 Å². The van der Waals surface area contributed by atoms with Crippen molar-refractivity contribution in [2.75, 3.05) is 24.6 Å². The van der Waals surface area contributed by atoms with Gasteiger partial charge in [0, 0.05) is 38.0 Å². The third kappa shape index (κ3) is 2.92. The van der Waals surface area contributed by atoms with E-state index in [0.717, 1.165) is 43.9 Å². The molecule has 1 aliphatic heterocycles. The van der Waals surface area contributed by atoms with Crippen LogP contribution in [-0.4, -0.2) is 35.8 Å². The zero-order chi connectivity index (χ0) is 12.1. The molecule has 1 aliphatic rings. The van der Waals surface area contributed by atoms with Gasteiger partial charge in [0.1, 0.15) is 12.1 Å². The van der Waals surface area contributed by atoms with Gasteiger partial charge in [-0.25, -0.2) is 9.97 Å². The zero-order valence-corrected chi connectivity index (χ0v) is 10.3. The maximum Gasteiger partial charge on any atom is 0.136 e. The van der Waals surface area contributed by atoms with Crippen LogP contribution in [0.5, 0.6) is 0 Å². The summed E-state index contributed by atoms with van der Waals surface area (Å²) in [6.45, 7) is 5.27. The summed E-state index contributed by atoms with van der Waals surface area (Å²) in [5.74, 6) is 0.945. The second-order valence-electron chi connectivity index (χ2n) is 4.25. The summed E-state index contributed by atoms with van der Waals surface area (Å²) in [5, 5.41) is 0. The van der Waals surface area contributed by atoms with E-state index in [1.165, 1.54) is 0 Å². The lowest BCUT2D eigenvalue weighted by Gasteiger charge is -2.26. The van der Waals surface area contributed by atoms with E-state index >= 15 is 0 Å². The zero-order valence-electron chi connectivity index (χ0n) is 10.3. The lowest BCUT2D eigenvalue weighted by atomic mass is 10.2. The molecule has 0 aliphatic carbocycles. The Morgan fingerprint density at radius 3 is 3.12 bits per heavy atom. The van der Waals surface area contributed by atoms with E-state index in [0.29, 0.717) is 12.6 Å². The minimum absolute atomic E-state index is 0.329. The first-order valence-corrected chi connectivity index (χ1v) is 6.20. The standard InChI is InChI=1S/C12H20N4O/c1-2-16(8-11-4-3-5-17-11)12-10(6-13)7-14-9-15-12/h7,9,11H,2-6,8,13H2,1H3. The summed E-state index contributed by atoms with van der Waals surface area (Å²) in [5.41, 5.74) is 6.71. The summed E-state index contributed by atoms with van der Waals surface area (Å²) in [6.07, 6.45) is 6.00. The molecule has 0 spiro atoms. The molecule has 0 radical (unpaired) electrons. The van der Waals surface area contributed by atoms with E-state index in [4.69, 9.17) is 10.5 Å². The van der Waals surface area contributed by atoms with Crippen LogP contribution < -0.4 is 10.6 Å². The van der Waals surface area contributed by atoms with Gasteiger partial charge in [-0.1, -0.05) is 0 Å². The summed E-state index contributed by atoms with van der Waals surface area (Å²) < 4.78 is 5.66. The number of rotatable bonds is 5. The van der Waals surface area contributed by atoms with E-state index in [2.05, 4.69) is 21.8 Å². The van der Waals surface area contributed by atoms with Gasteiger partial charge in [0.15, 0.2) is 0 Å². The Morgan fingerprint density at radius 2 is 2.47 bits per heavy atom. The van der Waals surface area contributed by atoms with Gasteiger partial charge in [0.05, 0.1) is 6.10 Å². The van der Waals surface area contributed by atoms with E-state index < -0.39 is 0 Å². The summed E-state index contributed by atoms with van der Waals surface area (Å²) in [4.78, 5) is 10.6. The van der Waals surface area contributed by atoms with E-state index in [-0.39, 0.29) is 0 Å². The fourth-order valence-electron chi connectivity index (χ4n) is 2.18. The molecule has 1 fully saturated rings. The highest BCUT2D eigenvalue weighted by Crippen LogP contribution is 2.19. The number of nitrogens with two attached hydrogens (primary N) is 1. The number of anilines is 1. The fourth-order valence-corrected chi connectivity index (χ4v) is 2.18. The molecule has 0 bridgehead atoms. The molecule has 2 heterocycles. The molecule has 0 amide bonds. The topological polar surface area (TPSA) is 64.3 Å². The minimum Gasteiger partial charge on any atom is -0.376 e. The molecule has 17 heavy (non-hydrogen) atoms. The highest BCUT2D eigenvalue weighted by molar-refractivity contribution is 5.45. The van der Waals surface area contributed by atoms with E-state index in [1.54, 1.807) is 12.5 Å². The maximum absolute atomic E-state index is 5.71. The molecular weight excluding hydrogens is 216 g/mol. The lowest BCUT2D eigenvalue weighted by Crippen LogP contribution is -2.33. The number of nitrogens with zero attached hydrogens (tertiary/aromatic N) is 3. The molecule has 0 aromatic carbocycles. The molecule has 5 nitrogen and oxygen atoms in total. The van der Waals surface area contributed by atoms with Crippen molar-refractivity contribution in [3.63, 3.8) is 0 Å². The van der Waals surface area contributed by atoms with Gasteiger partial charge in [-0.15, -0.1) is 0 Å². The second-order valence-corrected chi connectivity index (χ2v) is 4.25. The highest BCUT2D eigenvalue weighted by Gasteiger charge is 2.20. The molecule has 94 valence electrons. The Bertz CT molecular complexity index is 352. The normalized spacial score (nSPS) is 19.5. The summed E-state index contributed by atoms with van der Waals surface area (Å²) in [7, 11) is 0. The first kappa shape index (κ1) is 12.3. The van der Waals surface area contributed by atoms with E-state index in [1.807, 2.05) is 0 Å². The van der Waals surface area contributed by atoms with Crippen LogP contribution in [0.2, 0.25) is 0 Å². The fraction of sp³-hybridized carbons (Fsp3) is 0.667. The van der Waals surface area contributed by atoms with Gasteiger partial charge >= 0.3 is 0 Å².